The monoisotopic (exact) mass is 261 g/mol. The molecule has 0 aliphatic heterocycles. The third-order valence-electron chi connectivity index (χ3n) is 2.94. The van der Waals surface area contributed by atoms with Gasteiger partial charge in [0.1, 0.15) is 6.10 Å². The molecule has 3 N–H and O–H groups in total. The predicted octanol–water partition coefficient (Wildman–Crippen LogP) is 3.44. The molecular weight excluding hydrogens is 246 g/mol. The molecule has 3 heteroatoms. The molecule has 0 aliphatic rings. The molecule has 0 aliphatic carbocycles. The van der Waals surface area contributed by atoms with E-state index in [0.717, 1.165) is 16.7 Å². The van der Waals surface area contributed by atoms with Crippen molar-refractivity contribution in [1.29, 1.82) is 0 Å². The molecule has 2 nitrogen and oxygen atoms in total. The molecule has 94 valence electrons. The fourth-order valence-electron chi connectivity index (χ4n) is 1.85. The maximum atomic E-state index is 10.3. The molecule has 2 aromatic rings. The van der Waals surface area contributed by atoms with Gasteiger partial charge in [0.25, 0.3) is 0 Å². The van der Waals surface area contributed by atoms with Gasteiger partial charge in [-0.05, 0) is 35.7 Å². The fraction of sp³-hybridized carbons (Fsp3) is 0.200. The maximum absolute atomic E-state index is 10.3. The Morgan fingerprint density at radius 3 is 2.17 bits per heavy atom. The zero-order valence-electron chi connectivity index (χ0n) is 10.2. The van der Waals surface area contributed by atoms with Crippen LogP contribution in [0.1, 0.15) is 35.8 Å². The number of hydrogen-bond acceptors (Lipinski definition) is 2. The zero-order valence-corrected chi connectivity index (χ0v) is 10.9. The average Bonchev–Trinajstić information content (AvgIpc) is 2.38. The van der Waals surface area contributed by atoms with Crippen LogP contribution in [-0.2, 0) is 0 Å². The van der Waals surface area contributed by atoms with Gasteiger partial charge in [-0.25, -0.2) is 0 Å². The van der Waals surface area contributed by atoms with Crippen LogP contribution in [0.4, 0.5) is 0 Å². The molecule has 2 unspecified atom stereocenters. The van der Waals surface area contributed by atoms with Crippen molar-refractivity contribution in [3.63, 3.8) is 0 Å². The van der Waals surface area contributed by atoms with Crippen molar-refractivity contribution in [3.8, 4) is 0 Å². The second-order valence-corrected chi connectivity index (χ2v) is 4.85. The summed E-state index contributed by atoms with van der Waals surface area (Å²) in [6.45, 7) is 1.93. The standard InChI is InChI=1S/C15H16ClNO/c1-10(17)11-5-7-12(8-6-11)15(18)13-3-2-4-14(16)9-13/h2-10,15,18H,17H2,1H3. The lowest BCUT2D eigenvalue weighted by atomic mass is 9.99. The number of rotatable bonds is 3. The topological polar surface area (TPSA) is 46.2 Å². The van der Waals surface area contributed by atoms with E-state index in [4.69, 9.17) is 17.3 Å². The zero-order chi connectivity index (χ0) is 13.1. The van der Waals surface area contributed by atoms with Gasteiger partial charge in [0.15, 0.2) is 0 Å². The highest BCUT2D eigenvalue weighted by Gasteiger charge is 2.11. The Balaban J connectivity index is 2.26. The molecule has 0 radical (unpaired) electrons. The highest BCUT2D eigenvalue weighted by molar-refractivity contribution is 6.30. The Hall–Kier alpha value is -1.35. The van der Waals surface area contributed by atoms with E-state index in [1.54, 1.807) is 12.1 Å². The molecule has 18 heavy (non-hydrogen) atoms. The molecular formula is C15H16ClNO. The summed E-state index contributed by atoms with van der Waals surface area (Å²) in [6.07, 6.45) is -0.661. The lowest BCUT2D eigenvalue weighted by Gasteiger charge is -2.13. The SMILES string of the molecule is CC(N)c1ccc(C(O)c2cccc(Cl)c2)cc1. The van der Waals surface area contributed by atoms with Crippen molar-refractivity contribution in [3.05, 3.63) is 70.2 Å². The van der Waals surface area contributed by atoms with E-state index in [9.17, 15) is 5.11 Å². The van der Waals surface area contributed by atoms with Crippen LogP contribution in [0.3, 0.4) is 0 Å². The Kier molecular flexibility index (Phi) is 4.02. The van der Waals surface area contributed by atoms with Gasteiger partial charge in [0.2, 0.25) is 0 Å². The summed E-state index contributed by atoms with van der Waals surface area (Å²) < 4.78 is 0. The Bertz CT molecular complexity index is 522. The van der Waals surface area contributed by atoms with Crippen LogP contribution < -0.4 is 5.73 Å². The van der Waals surface area contributed by atoms with Gasteiger partial charge >= 0.3 is 0 Å². The number of aliphatic hydroxyl groups excluding tert-OH is 1. The van der Waals surface area contributed by atoms with Crippen molar-refractivity contribution in [2.24, 2.45) is 5.73 Å². The number of hydrogen-bond donors (Lipinski definition) is 2. The lowest BCUT2D eigenvalue weighted by Crippen LogP contribution is -2.05. The van der Waals surface area contributed by atoms with E-state index >= 15 is 0 Å². The van der Waals surface area contributed by atoms with Crippen LogP contribution in [0, 0.1) is 0 Å². The first-order valence-electron chi connectivity index (χ1n) is 5.87. The minimum atomic E-state index is -0.661. The summed E-state index contributed by atoms with van der Waals surface area (Å²) in [7, 11) is 0. The van der Waals surface area contributed by atoms with E-state index in [2.05, 4.69) is 0 Å². The minimum absolute atomic E-state index is 0.00219. The summed E-state index contributed by atoms with van der Waals surface area (Å²) >= 11 is 5.92. The van der Waals surface area contributed by atoms with E-state index in [1.807, 2.05) is 43.3 Å². The van der Waals surface area contributed by atoms with E-state index in [0.29, 0.717) is 5.02 Å². The average molecular weight is 262 g/mol. The molecule has 2 atom stereocenters. The highest BCUT2D eigenvalue weighted by atomic mass is 35.5. The molecule has 2 rings (SSSR count). The number of benzene rings is 2. The van der Waals surface area contributed by atoms with Crippen LogP contribution in [0.25, 0.3) is 0 Å². The van der Waals surface area contributed by atoms with Gasteiger partial charge in [-0.1, -0.05) is 48.0 Å². The molecule has 0 saturated carbocycles. The third-order valence-corrected chi connectivity index (χ3v) is 3.18. The minimum Gasteiger partial charge on any atom is -0.384 e. The van der Waals surface area contributed by atoms with Gasteiger partial charge in [-0.2, -0.15) is 0 Å². The first-order valence-corrected chi connectivity index (χ1v) is 6.24. The lowest BCUT2D eigenvalue weighted by molar-refractivity contribution is 0.220. The quantitative estimate of drug-likeness (QED) is 0.889. The Labute approximate surface area is 112 Å². The van der Waals surface area contributed by atoms with Crippen LogP contribution in [0.2, 0.25) is 5.02 Å². The van der Waals surface area contributed by atoms with Gasteiger partial charge in [0, 0.05) is 11.1 Å². The van der Waals surface area contributed by atoms with Crippen molar-refractivity contribution in [1.82, 2.24) is 0 Å². The number of halogens is 1. The normalized spacial score (nSPS) is 14.2. The summed E-state index contributed by atoms with van der Waals surface area (Å²) in [4.78, 5) is 0. The molecule has 0 heterocycles. The van der Waals surface area contributed by atoms with Crippen LogP contribution in [0.15, 0.2) is 48.5 Å². The maximum Gasteiger partial charge on any atom is 0.104 e. The van der Waals surface area contributed by atoms with Crippen molar-refractivity contribution in [2.75, 3.05) is 0 Å². The first-order chi connectivity index (χ1) is 8.58. The second kappa shape index (κ2) is 5.53. The van der Waals surface area contributed by atoms with Crippen LogP contribution in [0.5, 0.6) is 0 Å². The largest absolute Gasteiger partial charge is 0.384 e. The van der Waals surface area contributed by atoms with Crippen molar-refractivity contribution >= 4 is 11.6 Å². The van der Waals surface area contributed by atoms with Crippen LogP contribution in [-0.4, -0.2) is 5.11 Å². The van der Waals surface area contributed by atoms with Crippen molar-refractivity contribution in [2.45, 2.75) is 19.1 Å². The summed E-state index contributed by atoms with van der Waals surface area (Å²) in [5.41, 5.74) is 8.47. The first kappa shape index (κ1) is 13.1. The predicted molar refractivity (Wildman–Crippen MR) is 74.6 cm³/mol. The molecule has 0 amide bonds. The van der Waals surface area contributed by atoms with Crippen molar-refractivity contribution < 1.29 is 5.11 Å². The molecule has 0 spiro atoms. The van der Waals surface area contributed by atoms with Gasteiger partial charge < -0.3 is 10.8 Å². The number of aliphatic hydroxyl groups is 1. The van der Waals surface area contributed by atoms with Gasteiger partial charge in [-0.3, -0.25) is 0 Å². The molecule has 2 aromatic carbocycles. The number of nitrogens with two attached hydrogens (primary N) is 1. The second-order valence-electron chi connectivity index (χ2n) is 4.41. The van der Waals surface area contributed by atoms with E-state index in [-0.39, 0.29) is 6.04 Å². The summed E-state index contributed by atoms with van der Waals surface area (Å²) in [5.74, 6) is 0. The summed E-state index contributed by atoms with van der Waals surface area (Å²) in [5, 5.41) is 10.9. The van der Waals surface area contributed by atoms with Gasteiger partial charge in [0.05, 0.1) is 0 Å². The Morgan fingerprint density at radius 2 is 1.61 bits per heavy atom. The fourth-order valence-corrected chi connectivity index (χ4v) is 2.05. The van der Waals surface area contributed by atoms with Gasteiger partial charge in [-0.15, -0.1) is 0 Å². The molecule has 0 aromatic heterocycles. The summed E-state index contributed by atoms with van der Waals surface area (Å²) in [6, 6.07) is 14.9. The molecule has 0 bridgehead atoms. The van der Waals surface area contributed by atoms with E-state index in [1.165, 1.54) is 0 Å². The molecule has 0 fully saturated rings. The van der Waals surface area contributed by atoms with E-state index < -0.39 is 6.10 Å². The smallest absolute Gasteiger partial charge is 0.104 e. The Morgan fingerprint density at radius 1 is 1.00 bits per heavy atom. The molecule has 0 saturated heterocycles. The third kappa shape index (κ3) is 2.91. The highest BCUT2D eigenvalue weighted by Crippen LogP contribution is 2.25. The van der Waals surface area contributed by atoms with Crippen LogP contribution >= 0.6 is 11.6 Å².